The summed E-state index contributed by atoms with van der Waals surface area (Å²) in [7, 11) is 0. The number of hydrogen-bond donors (Lipinski definition) is 3. The number of hydrogen-bond acceptors (Lipinski definition) is 5. The zero-order chi connectivity index (χ0) is 20.9. The van der Waals surface area contributed by atoms with E-state index in [2.05, 4.69) is 36.1 Å². The Bertz CT molecular complexity index is 820. The lowest BCUT2D eigenvalue weighted by Gasteiger charge is -2.35. The molecule has 3 rings (SSSR count). The van der Waals surface area contributed by atoms with Gasteiger partial charge in [0.15, 0.2) is 5.76 Å². The molecular weight excluding hydrogens is 370 g/mol. The Morgan fingerprint density at radius 3 is 2.86 bits per heavy atom. The van der Waals surface area contributed by atoms with E-state index >= 15 is 0 Å². The molecule has 1 aromatic heterocycles. The summed E-state index contributed by atoms with van der Waals surface area (Å²) in [5.41, 5.74) is 1.80. The van der Waals surface area contributed by atoms with E-state index in [1.807, 2.05) is 30.3 Å². The Labute approximate surface area is 171 Å². The first-order valence-electron chi connectivity index (χ1n) is 10.2. The zero-order valence-electron chi connectivity index (χ0n) is 17.4. The van der Waals surface area contributed by atoms with Crippen LogP contribution >= 0.6 is 0 Å². The number of allylic oxidation sites excluding steroid dienone is 1. The number of fused-ring (bicyclic) bond motifs is 1. The van der Waals surface area contributed by atoms with E-state index in [-0.39, 0.29) is 30.4 Å². The van der Waals surface area contributed by atoms with Crippen LogP contribution in [0, 0.1) is 11.3 Å². The fraction of sp³-hybridized carbons (Fsp3) is 0.545. The third-order valence-electron chi connectivity index (χ3n) is 5.10. The average molecular weight is 402 g/mol. The van der Waals surface area contributed by atoms with Gasteiger partial charge in [-0.2, -0.15) is 0 Å². The molecule has 1 aliphatic rings. The normalized spacial score (nSPS) is 19.7. The first-order valence-corrected chi connectivity index (χ1v) is 10.2. The molecule has 1 aromatic carbocycles. The molecule has 1 aliphatic heterocycles. The molecule has 158 valence electrons. The number of nitrogens with one attached hydrogen (secondary N) is 2. The second kappa shape index (κ2) is 9.41. The largest absolute Gasteiger partial charge is 0.459 e. The predicted molar refractivity (Wildman–Crippen MR) is 111 cm³/mol. The smallest absolute Gasteiger partial charge is 0.286 e. The second-order valence-corrected chi connectivity index (χ2v) is 8.47. The third kappa shape index (κ3) is 5.81. The standard InChI is InChI=1S/C22H31N3O4/c1-22(2,3)15-12-18(29-20(13-15)28-11-7-6-10-26)21(27)23-14-19-24-16-8-4-5-9-17(16)25-19/h4-5,8-9,12,15,20,26H,6-7,10-11,13-14H2,1-3H3,(H,23,27)(H,24,25)/t15-,20+/m1/s1. The number of benzene rings is 1. The number of aliphatic hydroxyl groups excluding tert-OH is 1. The van der Waals surface area contributed by atoms with E-state index in [4.69, 9.17) is 14.6 Å². The van der Waals surface area contributed by atoms with Crippen LogP contribution in [0.25, 0.3) is 11.0 Å². The molecular formula is C22H31N3O4. The fourth-order valence-corrected chi connectivity index (χ4v) is 3.29. The number of H-pyrrole nitrogens is 1. The number of aromatic amines is 1. The Kier molecular flexibility index (Phi) is 6.92. The number of amides is 1. The summed E-state index contributed by atoms with van der Waals surface area (Å²) in [6.45, 7) is 7.37. The molecule has 29 heavy (non-hydrogen) atoms. The number of nitrogens with zero attached hydrogens (tertiary/aromatic N) is 1. The topological polar surface area (TPSA) is 96.5 Å². The molecule has 0 saturated heterocycles. The van der Waals surface area contributed by atoms with Crippen molar-refractivity contribution < 1.29 is 19.4 Å². The minimum Gasteiger partial charge on any atom is -0.459 e. The van der Waals surface area contributed by atoms with Crippen molar-refractivity contribution in [1.82, 2.24) is 15.3 Å². The van der Waals surface area contributed by atoms with Crippen LogP contribution in [0.4, 0.5) is 0 Å². The van der Waals surface area contributed by atoms with Gasteiger partial charge in [-0.05, 0) is 42.4 Å². The molecule has 2 heterocycles. The molecule has 7 heteroatoms. The summed E-state index contributed by atoms with van der Waals surface area (Å²) in [5.74, 6) is 0.869. The summed E-state index contributed by atoms with van der Waals surface area (Å²) >= 11 is 0. The predicted octanol–water partition coefficient (Wildman–Crippen LogP) is 3.26. The molecule has 2 atom stereocenters. The summed E-state index contributed by atoms with van der Waals surface area (Å²) in [5, 5.41) is 11.8. The number of aromatic nitrogens is 2. The SMILES string of the molecule is CC(C)(C)[C@@H]1C=C(C(=O)NCc2nc3ccccc3[nH]2)O[C@H](OCCCCO)C1. The van der Waals surface area contributed by atoms with E-state index in [0.717, 1.165) is 17.5 Å². The third-order valence-corrected chi connectivity index (χ3v) is 5.10. The van der Waals surface area contributed by atoms with Crippen molar-refractivity contribution in [3.8, 4) is 0 Å². The van der Waals surface area contributed by atoms with Crippen molar-refractivity contribution >= 4 is 16.9 Å². The van der Waals surface area contributed by atoms with E-state index in [9.17, 15) is 4.79 Å². The number of carbonyl (C=O) groups is 1. The first kappa shape index (κ1) is 21.3. The zero-order valence-corrected chi connectivity index (χ0v) is 17.4. The van der Waals surface area contributed by atoms with Crippen molar-refractivity contribution in [2.75, 3.05) is 13.2 Å². The highest BCUT2D eigenvalue weighted by Crippen LogP contribution is 2.36. The number of aliphatic hydroxyl groups is 1. The van der Waals surface area contributed by atoms with Gasteiger partial charge in [-0.15, -0.1) is 0 Å². The van der Waals surface area contributed by atoms with Gasteiger partial charge in [0.25, 0.3) is 5.91 Å². The van der Waals surface area contributed by atoms with Gasteiger partial charge in [-0.1, -0.05) is 32.9 Å². The molecule has 0 aliphatic carbocycles. The van der Waals surface area contributed by atoms with E-state index < -0.39 is 6.29 Å². The molecule has 0 fully saturated rings. The van der Waals surface area contributed by atoms with E-state index in [0.29, 0.717) is 31.0 Å². The molecule has 2 aromatic rings. The molecule has 7 nitrogen and oxygen atoms in total. The number of rotatable bonds is 8. The highest BCUT2D eigenvalue weighted by molar-refractivity contribution is 5.91. The van der Waals surface area contributed by atoms with E-state index in [1.165, 1.54) is 0 Å². The first-order chi connectivity index (χ1) is 13.9. The number of para-hydroxylation sites is 2. The Morgan fingerprint density at radius 1 is 1.34 bits per heavy atom. The summed E-state index contributed by atoms with van der Waals surface area (Å²) in [6.07, 6.45) is 3.59. The van der Waals surface area contributed by atoms with Gasteiger partial charge < -0.3 is 24.9 Å². The monoisotopic (exact) mass is 401 g/mol. The molecule has 1 amide bonds. The lowest BCUT2D eigenvalue weighted by Crippen LogP contribution is -2.36. The molecule has 0 spiro atoms. The minimum absolute atomic E-state index is 0.0131. The maximum Gasteiger partial charge on any atom is 0.286 e. The Hall–Kier alpha value is -2.38. The van der Waals surface area contributed by atoms with Crippen LogP contribution in [-0.2, 0) is 20.8 Å². The van der Waals surface area contributed by atoms with Gasteiger partial charge in [-0.3, -0.25) is 4.79 Å². The number of unbranched alkanes of at least 4 members (excludes halogenated alkanes) is 1. The fourth-order valence-electron chi connectivity index (χ4n) is 3.29. The van der Waals surface area contributed by atoms with Gasteiger partial charge in [0.05, 0.1) is 24.2 Å². The molecule has 0 radical (unpaired) electrons. The van der Waals surface area contributed by atoms with Crippen molar-refractivity contribution in [3.05, 3.63) is 41.9 Å². The van der Waals surface area contributed by atoms with Crippen LogP contribution in [0.15, 0.2) is 36.1 Å². The van der Waals surface area contributed by atoms with Crippen LogP contribution in [0.1, 0.15) is 45.9 Å². The van der Waals surface area contributed by atoms with Crippen molar-refractivity contribution in [2.45, 2.75) is 52.9 Å². The van der Waals surface area contributed by atoms with Crippen molar-refractivity contribution in [1.29, 1.82) is 0 Å². The lowest BCUT2D eigenvalue weighted by atomic mass is 9.77. The van der Waals surface area contributed by atoms with Crippen LogP contribution in [-0.4, -0.2) is 40.5 Å². The van der Waals surface area contributed by atoms with Gasteiger partial charge in [0.2, 0.25) is 6.29 Å². The second-order valence-electron chi connectivity index (χ2n) is 8.47. The average Bonchev–Trinajstić information content (AvgIpc) is 3.11. The van der Waals surface area contributed by atoms with Crippen LogP contribution in [0.5, 0.6) is 0 Å². The van der Waals surface area contributed by atoms with Gasteiger partial charge in [0.1, 0.15) is 5.82 Å². The van der Waals surface area contributed by atoms with Crippen LogP contribution in [0.3, 0.4) is 0 Å². The van der Waals surface area contributed by atoms with Gasteiger partial charge >= 0.3 is 0 Å². The number of ether oxygens (including phenoxy) is 2. The van der Waals surface area contributed by atoms with Crippen LogP contribution in [0.2, 0.25) is 0 Å². The minimum atomic E-state index is -0.463. The van der Waals surface area contributed by atoms with E-state index in [1.54, 1.807) is 0 Å². The molecule has 3 N–H and O–H groups in total. The van der Waals surface area contributed by atoms with Crippen molar-refractivity contribution in [2.24, 2.45) is 11.3 Å². The van der Waals surface area contributed by atoms with Gasteiger partial charge in [-0.25, -0.2) is 4.98 Å². The highest BCUT2D eigenvalue weighted by Gasteiger charge is 2.34. The maximum atomic E-state index is 12.7. The summed E-state index contributed by atoms with van der Waals surface area (Å²) in [4.78, 5) is 20.4. The highest BCUT2D eigenvalue weighted by atomic mass is 16.7. The maximum absolute atomic E-state index is 12.7. The molecule has 0 unspecified atom stereocenters. The quantitative estimate of drug-likeness (QED) is 0.590. The Morgan fingerprint density at radius 2 is 2.14 bits per heavy atom. The molecule has 0 saturated carbocycles. The van der Waals surface area contributed by atoms with Gasteiger partial charge in [0, 0.05) is 13.0 Å². The van der Waals surface area contributed by atoms with Crippen LogP contribution < -0.4 is 5.32 Å². The number of imidazole rings is 1. The lowest BCUT2D eigenvalue weighted by molar-refractivity contribution is -0.153. The number of carbonyl (C=O) groups excluding carboxylic acids is 1. The van der Waals surface area contributed by atoms with Crippen molar-refractivity contribution in [3.63, 3.8) is 0 Å². The summed E-state index contributed by atoms with van der Waals surface area (Å²) < 4.78 is 11.7. The molecule has 0 bridgehead atoms. The Balaban J connectivity index is 1.63. The summed E-state index contributed by atoms with van der Waals surface area (Å²) in [6, 6.07) is 7.75.